The van der Waals surface area contributed by atoms with Crippen LogP contribution in [0, 0.1) is 5.92 Å². The maximum atomic E-state index is 2.35. The molecule has 1 aliphatic carbocycles. The first kappa shape index (κ1) is 10.5. The van der Waals surface area contributed by atoms with Crippen molar-refractivity contribution in [2.24, 2.45) is 5.92 Å². The lowest BCUT2D eigenvalue weighted by Crippen LogP contribution is -2.04. The average molecular weight is 200 g/mol. The highest BCUT2D eigenvalue weighted by Crippen LogP contribution is 2.26. The molecular formula is C15H20. The van der Waals surface area contributed by atoms with Gasteiger partial charge in [-0.2, -0.15) is 0 Å². The van der Waals surface area contributed by atoms with Crippen LogP contribution in [0.4, 0.5) is 0 Å². The van der Waals surface area contributed by atoms with Crippen LogP contribution in [0.3, 0.4) is 0 Å². The maximum absolute atomic E-state index is 2.35. The normalized spacial score (nSPS) is 18.4. The molecule has 0 N–H and O–H groups in total. The fraction of sp³-hybridized carbons (Fsp3) is 0.467. The van der Waals surface area contributed by atoms with Crippen LogP contribution in [0.15, 0.2) is 36.4 Å². The van der Waals surface area contributed by atoms with Gasteiger partial charge >= 0.3 is 0 Å². The molecule has 1 fully saturated rings. The molecule has 0 saturated heterocycles. The second kappa shape index (κ2) is 5.75. The van der Waals surface area contributed by atoms with Crippen molar-refractivity contribution in [3.8, 4) is 0 Å². The third-order valence-electron chi connectivity index (χ3n) is 3.30. The minimum absolute atomic E-state index is 0.957. The number of rotatable bonds is 3. The van der Waals surface area contributed by atoms with E-state index < -0.39 is 0 Å². The first-order valence-electron chi connectivity index (χ1n) is 6.17. The molecule has 0 bridgehead atoms. The lowest BCUT2D eigenvalue weighted by molar-refractivity contribution is 0.362. The van der Waals surface area contributed by atoms with Crippen molar-refractivity contribution in [3.63, 3.8) is 0 Å². The van der Waals surface area contributed by atoms with Gasteiger partial charge in [0.15, 0.2) is 0 Å². The molecule has 0 atom stereocenters. The van der Waals surface area contributed by atoms with E-state index in [2.05, 4.69) is 42.5 Å². The van der Waals surface area contributed by atoms with E-state index in [1.54, 1.807) is 0 Å². The fourth-order valence-corrected chi connectivity index (χ4v) is 2.38. The zero-order valence-electron chi connectivity index (χ0n) is 9.36. The van der Waals surface area contributed by atoms with Crippen molar-refractivity contribution < 1.29 is 0 Å². The van der Waals surface area contributed by atoms with Crippen molar-refractivity contribution in [2.75, 3.05) is 0 Å². The van der Waals surface area contributed by atoms with Crippen LogP contribution in [0.1, 0.15) is 44.1 Å². The first-order valence-corrected chi connectivity index (χ1v) is 6.17. The number of hydrogen-bond acceptors (Lipinski definition) is 0. The van der Waals surface area contributed by atoms with Gasteiger partial charge in [0.05, 0.1) is 0 Å². The van der Waals surface area contributed by atoms with Crippen molar-refractivity contribution in [1.29, 1.82) is 0 Å². The summed E-state index contributed by atoms with van der Waals surface area (Å²) >= 11 is 0. The molecule has 1 aromatic rings. The molecule has 1 aliphatic rings. The lowest BCUT2D eigenvalue weighted by atomic mass is 9.87. The molecule has 2 rings (SSSR count). The van der Waals surface area contributed by atoms with Gasteiger partial charge in [-0.15, -0.1) is 0 Å². The molecule has 1 aromatic carbocycles. The SMILES string of the molecule is C(=C/c1ccccc1)/CC1CCCCC1. The molecule has 0 heterocycles. The zero-order valence-corrected chi connectivity index (χ0v) is 9.36. The number of hydrogen-bond donors (Lipinski definition) is 0. The van der Waals surface area contributed by atoms with Gasteiger partial charge in [-0.05, 0) is 17.9 Å². The summed E-state index contributed by atoms with van der Waals surface area (Å²) in [5.74, 6) is 0.957. The van der Waals surface area contributed by atoms with Crippen molar-refractivity contribution in [2.45, 2.75) is 38.5 Å². The van der Waals surface area contributed by atoms with E-state index in [0.29, 0.717) is 0 Å². The Morgan fingerprint density at radius 2 is 1.73 bits per heavy atom. The highest BCUT2D eigenvalue weighted by molar-refractivity contribution is 5.48. The molecule has 0 aliphatic heterocycles. The molecule has 0 nitrogen and oxygen atoms in total. The Hall–Kier alpha value is -1.04. The summed E-state index contributed by atoms with van der Waals surface area (Å²) in [6, 6.07) is 10.6. The summed E-state index contributed by atoms with van der Waals surface area (Å²) in [7, 11) is 0. The smallest absolute Gasteiger partial charge is 0.0260 e. The Kier molecular flexibility index (Phi) is 4.01. The summed E-state index contributed by atoms with van der Waals surface area (Å²) in [6.07, 6.45) is 13.1. The van der Waals surface area contributed by atoms with Gasteiger partial charge in [0, 0.05) is 0 Å². The monoisotopic (exact) mass is 200 g/mol. The standard InChI is InChI=1S/C15H20/c1-3-8-14(9-4-1)12-7-13-15-10-5-2-6-11-15/h1,3-4,7-9,12,15H,2,5-6,10-11,13H2/b12-7-. The van der Waals surface area contributed by atoms with E-state index in [0.717, 1.165) is 5.92 Å². The van der Waals surface area contributed by atoms with Gasteiger partial charge in [-0.3, -0.25) is 0 Å². The molecule has 80 valence electrons. The zero-order chi connectivity index (χ0) is 10.3. The third-order valence-corrected chi connectivity index (χ3v) is 3.30. The first-order chi connectivity index (χ1) is 7.45. The number of allylic oxidation sites excluding steroid dienone is 1. The van der Waals surface area contributed by atoms with Crippen LogP contribution >= 0.6 is 0 Å². The predicted octanol–water partition coefficient (Wildman–Crippen LogP) is 4.67. The van der Waals surface area contributed by atoms with Crippen LogP contribution in [0.5, 0.6) is 0 Å². The van der Waals surface area contributed by atoms with E-state index in [9.17, 15) is 0 Å². The maximum Gasteiger partial charge on any atom is -0.0260 e. The molecule has 0 aromatic heterocycles. The summed E-state index contributed by atoms with van der Waals surface area (Å²) in [5, 5.41) is 0. The van der Waals surface area contributed by atoms with E-state index in [1.807, 2.05) is 0 Å². The highest BCUT2D eigenvalue weighted by Gasteiger charge is 2.10. The molecular weight excluding hydrogens is 180 g/mol. The summed E-state index contributed by atoms with van der Waals surface area (Å²) < 4.78 is 0. The molecule has 15 heavy (non-hydrogen) atoms. The molecule has 0 radical (unpaired) electrons. The highest BCUT2D eigenvalue weighted by atomic mass is 14.2. The minimum atomic E-state index is 0.957. The minimum Gasteiger partial charge on any atom is -0.0837 e. The second-order valence-electron chi connectivity index (χ2n) is 4.55. The van der Waals surface area contributed by atoms with Crippen LogP contribution in [-0.4, -0.2) is 0 Å². The Balaban J connectivity index is 1.79. The van der Waals surface area contributed by atoms with Gasteiger partial charge in [0.2, 0.25) is 0 Å². The van der Waals surface area contributed by atoms with Crippen molar-refractivity contribution in [3.05, 3.63) is 42.0 Å². The fourth-order valence-electron chi connectivity index (χ4n) is 2.38. The third kappa shape index (κ3) is 3.54. The van der Waals surface area contributed by atoms with Crippen LogP contribution in [-0.2, 0) is 0 Å². The largest absolute Gasteiger partial charge is 0.0837 e. The number of benzene rings is 1. The molecule has 0 spiro atoms. The lowest BCUT2D eigenvalue weighted by Gasteiger charge is -2.19. The van der Waals surface area contributed by atoms with E-state index >= 15 is 0 Å². The van der Waals surface area contributed by atoms with E-state index in [-0.39, 0.29) is 0 Å². The van der Waals surface area contributed by atoms with Gasteiger partial charge < -0.3 is 0 Å². The second-order valence-corrected chi connectivity index (χ2v) is 4.55. The van der Waals surface area contributed by atoms with Gasteiger partial charge in [0.1, 0.15) is 0 Å². The van der Waals surface area contributed by atoms with Crippen LogP contribution in [0.25, 0.3) is 6.08 Å². The van der Waals surface area contributed by atoms with Crippen molar-refractivity contribution >= 4 is 6.08 Å². The molecule has 1 saturated carbocycles. The Morgan fingerprint density at radius 3 is 2.47 bits per heavy atom. The Morgan fingerprint density at radius 1 is 1.00 bits per heavy atom. The molecule has 0 unspecified atom stereocenters. The van der Waals surface area contributed by atoms with Gasteiger partial charge in [0.25, 0.3) is 0 Å². The molecule has 0 heteroatoms. The summed E-state index contributed by atoms with van der Waals surface area (Å²) in [6.45, 7) is 0. The Bertz CT molecular complexity index is 291. The summed E-state index contributed by atoms with van der Waals surface area (Å²) in [4.78, 5) is 0. The van der Waals surface area contributed by atoms with Crippen molar-refractivity contribution in [1.82, 2.24) is 0 Å². The van der Waals surface area contributed by atoms with Gasteiger partial charge in [-0.1, -0.05) is 74.6 Å². The summed E-state index contributed by atoms with van der Waals surface area (Å²) in [5.41, 5.74) is 1.33. The van der Waals surface area contributed by atoms with Crippen LogP contribution in [0.2, 0.25) is 0 Å². The quantitative estimate of drug-likeness (QED) is 0.665. The predicted molar refractivity (Wildman–Crippen MR) is 66.7 cm³/mol. The average Bonchev–Trinajstić information content (AvgIpc) is 2.32. The van der Waals surface area contributed by atoms with Crippen LogP contribution < -0.4 is 0 Å². The Labute approximate surface area is 93.0 Å². The van der Waals surface area contributed by atoms with Gasteiger partial charge in [-0.25, -0.2) is 0 Å². The van der Waals surface area contributed by atoms with E-state index in [1.165, 1.54) is 44.1 Å². The van der Waals surface area contributed by atoms with E-state index in [4.69, 9.17) is 0 Å². The molecule has 0 amide bonds. The topological polar surface area (TPSA) is 0 Å².